The number of hydrogen-bond donors (Lipinski definition) is 0. The van der Waals surface area contributed by atoms with E-state index in [9.17, 15) is 12.8 Å². The Kier molecular flexibility index (Phi) is 3.71. The Balaban J connectivity index is 2.43. The van der Waals surface area contributed by atoms with Crippen LogP contribution in [0.25, 0.3) is 0 Å². The third-order valence-electron chi connectivity index (χ3n) is 1.41. The van der Waals surface area contributed by atoms with E-state index in [1.165, 1.54) is 24.3 Å². The maximum atomic E-state index is 12.4. The van der Waals surface area contributed by atoms with Gasteiger partial charge in [0.1, 0.15) is 18.2 Å². The zero-order valence-electron chi connectivity index (χ0n) is 7.11. The van der Waals surface area contributed by atoms with Crippen LogP contribution in [0.2, 0.25) is 0 Å². The molecule has 0 bridgehead atoms. The smallest absolute Gasteiger partial charge is 0.235 e. The summed E-state index contributed by atoms with van der Waals surface area (Å²) in [5.74, 6) is -0.236. The molecule has 78 valence electrons. The van der Waals surface area contributed by atoms with Crippen LogP contribution in [0.3, 0.4) is 0 Å². The first kappa shape index (κ1) is 11.3. The van der Waals surface area contributed by atoms with E-state index in [0.29, 0.717) is 5.75 Å². The largest absolute Gasteiger partial charge is 0.492 e. The molecule has 0 heterocycles. The minimum atomic E-state index is -3.53. The summed E-state index contributed by atoms with van der Waals surface area (Å²) in [6.07, 6.45) is 0. The molecule has 0 aromatic heterocycles. The van der Waals surface area contributed by atoms with E-state index in [1.54, 1.807) is 0 Å². The third-order valence-corrected chi connectivity index (χ3v) is 2.53. The van der Waals surface area contributed by atoms with Crippen LogP contribution in [-0.2, 0) is 9.05 Å². The van der Waals surface area contributed by atoms with E-state index in [-0.39, 0.29) is 18.2 Å². The molecule has 0 aliphatic heterocycles. The van der Waals surface area contributed by atoms with E-state index < -0.39 is 9.05 Å². The van der Waals surface area contributed by atoms with Crippen molar-refractivity contribution in [2.45, 2.75) is 0 Å². The van der Waals surface area contributed by atoms with Gasteiger partial charge in [0.05, 0.1) is 5.75 Å². The summed E-state index contributed by atoms with van der Waals surface area (Å²) in [5, 5.41) is 0. The maximum absolute atomic E-state index is 12.4. The fraction of sp³-hybridized carbons (Fsp3) is 0.250. The Morgan fingerprint density at radius 1 is 1.29 bits per heavy atom. The minimum absolute atomic E-state index is 0.0442. The minimum Gasteiger partial charge on any atom is -0.492 e. The van der Waals surface area contributed by atoms with Crippen LogP contribution in [0, 0.1) is 5.82 Å². The second kappa shape index (κ2) is 4.61. The molecule has 0 unspecified atom stereocenters. The van der Waals surface area contributed by atoms with Crippen LogP contribution in [-0.4, -0.2) is 20.8 Å². The zero-order valence-corrected chi connectivity index (χ0v) is 8.68. The second-order valence-corrected chi connectivity index (χ2v) is 5.44. The second-order valence-electron chi connectivity index (χ2n) is 2.55. The zero-order chi connectivity index (χ0) is 10.6. The summed E-state index contributed by atoms with van der Waals surface area (Å²) in [5.41, 5.74) is 0. The van der Waals surface area contributed by atoms with Gasteiger partial charge in [-0.2, -0.15) is 0 Å². The van der Waals surface area contributed by atoms with Crippen LogP contribution >= 0.6 is 10.7 Å². The van der Waals surface area contributed by atoms with E-state index in [2.05, 4.69) is 0 Å². The van der Waals surface area contributed by atoms with Gasteiger partial charge < -0.3 is 4.74 Å². The fourth-order valence-electron chi connectivity index (χ4n) is 0.790. The van der Waals surface area contributed by atoms with E-state index in [1.807, 2.05) is 0 Å². The van der Waals surface area contributed by atoms with Crippen LogP contribution in [0.1, 0.15) is 0 Å². The first-order valence-electron chi connectivity index (χ1n) is 3.78. The van der Waals surface area contributed by atoms with Crippen molar-refractivity contribution in [2.75, 3.05) is 12.4 Å². The molecule has 0 N–H and O–H groups in total. The van der Waals surface area contributed by atoms with Crippen molar-refractivity contribution in [3.63, 3.8) is 0 Å². The highest BCUT2D eigenvalue weighted by molar-refractivity contribution is 8.13. The van der Waals surface area contributed by atoms with Gasteiger partial charge in [-0.05, 0) is 24.3 Å². The number of hydrogen-bond acceptors (Lipinski definition) is 3. The van der Waals surface area contributed by atoms with Gasteiger partial charge >= 0.3 is 0 Å². The van der Waals surface area contributed by atoms with Gasteiger partial charge in [0.2, 0.25) is 9.05 Å². The SMILES string of the molecule is O=S(=O)(Cl)CCOc1ccc(F)cc1. The lowest BCUT2D eigenvalue weighted by atomic mass is 10.3. The molecule has 0 fully saturated rings. The Morgan fingerprint density at radius 2 is 1.86 bits per heavy atom. The number of halogens is 2. The standard InChI is InChI=1S/C8H8ClFO3S/c9-14(11,12)6-5-13-8-3-1-7(10)2-4-8/h1-4H,5-6H2. The normalized spacial score (nSPS) is 11.3. The lowest BCUT2D eigenvalue weighted by molar-refractivity contribution is 0.341. The summed E-state index contributed by atoms with van der Waals surface area (Å²) >= 11 is 0. The van der Waals surface area contributed by atoms with Gasteiger partial charge in [-0.15, -0.1) is 0 Å². The molecule has 14 heavy (non-hydrogen) atoms. The molecule has 0 amide bonds. The number of ether oxygens (including phenoxy) is 1. The monoisotopic (exact) mass is 238 g/mol. The van der Waals surface area contributed by atoms with Crippen molar-refractivity contribution in [3.8, 4) is 5.75 Å². The molecule has 0 aliphatic rings. The van der Waals surface area contributed by atoms with Crippen LogP contribution in [0.4, 0.5) is 4.39 Å². The molecule has 0 saturated carbocycles. The van der Waals surface area contributed by atoms with Crippen LogP contribution < -0.4 is 4.74 Å². The molecular weight excluding hydrogens is 231 g/mol. The topological polar surface area (TPSA) is 43.4 Å². The van der Waals surface area contributed by atoms with Crippen molar-refractivity contribution in [1.29, 1.82) is 0 Å². The quantitative estimate of drug-likeness (QED) is 0.751. The highest BCUT2D eigenvalue weighted by Crippen LogP contribution is 2.11. The molecule has 6 heteroatoms. The molecular formula is C8H8ClFO3S. The number of benzene rings is 1. The summed E-state index contributed by atoms with van der Waals surface area (Å²) in [6, 6.07) is 5.28. The predicted octanol–water partition coefficient (Wildman–Crippen LogP) is 1.77. The molecule has 0 aliphatic carbocycles. The van der Waals surface area contributed by atoms with Gasteiger partial charge in [-0.3, -0.25) is 0 Å². The predicted molar refractivity (Wildman–Crippen MR) is 51.5 cm³/mol. The average Bonchev–Trinajstić information content (AvgIpc) is 2.06. The first-order chi connectivity index (χ1) is 6.47. The van der Waals surface area contributed by atoms with Crippen molar-refractivity contribution < 1.29 is 17.5 Å². The van der Waals surface area contributed by atoms with Gasteiger partial charge in [0.25, 0.3) is 0 Å². The molecule has 3 nitrogen and oxygen atoms in total. The van der Waals surface area contributed by atoms with E-state index in [0.717, 1.165) is 0 Å². The summed E-state index contributed by atoms with van der Waals surface area (Å²) < 4.78 is 38.4. The van der Waals surface area contributed by atoms with Gasteiger partial charge in [-0.25, -0.2) is 12.8 Å². The first-order valence-corrected chi connectivity index (χ1v) is 6.26. The van der Waals surface area contributed by atoms with Crippen molar-refractivity contribution >= 4 is 19.7 Å². The van der Waals surface area contributed by atoms with Crippen molar-refractivity contribution in [2.24, 2.45) is 0 Å². The molecule has 0 radical (unpaired) electrons. The molecule has 1 aromatic carbocycles. The number of rotatable bonds is 4. The van der Waals surface area contributed by atoms with Crippen molar-refractivity contribution in [3.05, 3.63) is 30.1 Å². The van der Waals surface area contributed by atoms with Gasteiger partial charge in [0.15, 0.2) is 0 Å². The lowest BCUT2D eigenvalue weighted by Gasteiger charge is -2.03. The Labute approximate surface area is 85.9 Å². The van der Waals surface area contributed by atoms with Crippen molar-refractivity contribution in [1.82, 2.24) is 0 Å². The highest BCUT2D eigenvalue weighted by atomic mass is 35.7. The Hall–Kier alpha value is -0.810. The Bertz CT molecular complexity index is 388. The molecule has 0 atom stereocenters. The molecule has 0 spiro atoms. The summed E-state index contributed by atoms with van der Waals surface area (Å²) in [6.45, 7) is -0.0442. The van der Waals surface area contributed by atoms with Crippen LogP contribution in [0.5, 0.6) is 5.75 Å². The third kappa shape index (κ3) is 4.43. The summed E-state index contributed by atoms with van der Waals surface area (Å²) in [4.78, 5) is 0. The summed E-state index contributed by atoms with van der Waals surface area (Å²) in [7, 11) is 1.43. The Morgan fingerprint density at radius 3 is 2.36 bits per heavy atom. The fourth-order valence-corrected chi connectivity index (χ4v) is 1.26. The van der Waals surface area contributed by atoms with E-state index >= 15 is 0 Å². The molecule has 1 aromatic rings. The maximum Gasteiger partial charge on any atom is 0.235 e. The molecule has 0 saturated heterocycles. The highest BCUT2D eigenvalue weighted by Gasteiger charge is 2.04. The average molecular weight is 239 g/mol. The molecule has 1 rings (SSSR count). The van der Waals surface area contributed by atoms with Crippen LogP contribution in [0.15, 0.2) is 24.3 Å². The van der Waals surface area contributed by atoms with E-state index in [4.69, 9.17) is 15.4 Å². The van der Waals surface area contributed by atoms with Gasteiger partial charge in [0, 0.05) is 10.7 Å². The van der Waals surface area contributed by atoms with Gasteiger partial charge in [-0.1, -0.05) is 0 Å². The lowest BCUT2D eigenvalue weighted by Crippen LogP contribution is -2.08.